The Kier molecular flexibility index (Phi) is 5.14. The van der Waals surface area contributed by atoms with Crippen molar-refractivity contribution in [3.05, 3.63) is 17.5 Å². The summed E-state index contributed by atoms with van der Waals surface area (Å²) in [5, 5.41) is 3.70. The fourth-order valence-electron chi connectivity index (χ4n) is 2.13. The molecule has 1 unspecified atom stereocenters. The predicted octanol–water partition coefficient (Wildman–Crippen LogP) is 0.123. The molecule has 114 valence electrons. The van der Waals surface area contributed by atoms with E-state index in [-0.39, 0.29) is 11.8 Å². The van der Waals surface area contributed by atoms with Crippen LogP contribution in [0.5, 0.6) is 0 Å². The number of nitrogens with zero attached hydrogens (tertiary/aromatic N) is 2. The van der Waals surface area contributed by atoms with Gasteiger partial charge in [0.05, 0.1) is 13.2 Å². The van der Waals surface area contributed by atoms with Crippen LogP contribution in [0.3, 0.4) is 0 Å². The van der Waals surface area contributed by atoms with Gasteiger partial charge < -0.3 is 9.26 Å². The van der Waals surface area contributed by atoms with Crippen LogP contribution >= 0.6 is 0 Å². The molecule has 2 heterocycles. The monoisotopic (exact) mass is 303 g/mol. The van der Waals surface area contributed by atoms with Crippen LogP contribution in [-0.2, 0) is 20.5 Å². The lowest BCUT2D eigenvalue weighted by Gasteiger charge is -2.32. The lowest BCUT2D eigenvalue weighted by molar-refractivity contribution is 0.0213. The van der Waals surface area contributed by atoms with E-state index < -0.39 is 10.0 Å². The van der Waals surface area contributed by atoms with Gasteiger partial charge in [-0.25, -0.2) is 13.1 Å². The van der Waals surface area contributed by atoms with Crippen molar-refractivity contribution in [2.45, 2.75) is 25.6 Å². The van der Waals surface area contributed by atoms with Gasteiger partial charge in [-0.15, -0.1) is 0 Å². The van der Waals surface area contributed by atoms with Gasteiger partial charge in [-0.1, -0.05) is 5.16 Å². The Morgan fingerprint density at radius 1 is 1.45 bits per heavy atom. The summed E-state index contributed by atoms with van der Waals surface area (Å²) in [5.41, 5.74) is 0.425. The Balaban J connectivity index is 1.82. The molecule has 1 aliphatic heterocycles. The smallest absolute Gasteiger partial charge is 0.217 e. The SMILES string of the molecule is Cc1cc(CS(=O)(=O)NCC(C)N2CCOCC2)no1. The summed E-state index contributed by atoms with van der Waals surface area (Å²) in [6.45, 7) is 7.21. The third-order valence-electron chi connectivity index (χ3n) is 3.28. The maximum absolute atomic E-state index is 12.0. The van der Waals surface area contributed by atoms with Crippen molar-refractivity contribution in [2.75, 3.05) is 32.8 Å². The van der Waals surface area contributed by atoms with E-state index >= 15 is 0 Å². The Hall–Kier alpha value is -0.960. The van der Waals surface area contributed by atoms with E-state index in [0.29, 0.717) is 31.2 Å². The number of hydrogen-bond donors (Lipinski definition) is 1. The first-order chi connectivity index (χ1) is 9.46. The van der Waals surface area contributed by atoms with Gasteiger partial charge in [-0.3, -0.25) is 4.90 Å². The van der Waals surface area contributed by atoms with Crippen LogP contribution in [0.25, 0.3) is 0 Å². The summed E-state index contributed by atoms with van der Waals surface area (Å²) in [5.74, 6) is 0.456. The molecule has 0 radical (unpaired) electrons. The molecule has 8 heteroatoms. The lowest BCUT2D eigenvalue weighted by Crippen LogP contribution is -2.47. The first-order valence-electron chi connectivity index (χ1n) is 6.67. The van der Waals surface area contributed by atoms with Crippen molar-refractivity contribution in [1.29, 1.82) is 0 Å². The van der Waals surface area contributed by atoms with Gasteiger partial charge in [0.2, 0.25) is 10.0 Å². The van der Waals surface area contributed by atoms with Gasteiger partial charge in [-0.2, -0.15) is 0 Å². The molecule has 1 aromatic rings. The molecule has 0 aromatic carbocycles. The molecule has 1 fully saturated rings. The minimum absolute atomic E-state index is 0.146. The Bertz CT molecular complexity index is 523. The minimum atomic E-state index is -3.39. The molecular weight excluding hydrogens is 282 g/mol. The van der Waals surface area contributed by atoms with Crippen LogP contribution < -0.4 is 4.72 Å². The lowest BCUT2D eigenvalue weighted by atomic mass is 10.2. The molecule has 1 atom stereocenters. The number of nitrogens with one attached hydrogen (secondary N) is 1. The van der Waals surface area contributed by atoms with E-state index in [0.717, 1.165) is 13.1 Å². The van der Waals surface area contributed by atoms with Crippen LogP contribution in [0, 0.1) is 6.92 Å². The van der Waals surface area contributed by atoms with Crippen molar-refractivity contribution in [3.8, 4) is 0 Å². The number of aryl methyl sites for hydroxylation is 1. The third-order valence-corrected chi connectivity index (χ3v) is 4.56. The van der Waals surface area contributed by atoms with Crippen LogP contribution in [0.15, 0.2) is 10.6 Å². The van der Waals surface area contributed by atoms with E-state index in [1.165, 1.54) is 0 Å². The number of ether oxygens (including phenoxy) is 1. The first-order valence-corrected chi connectivity index (χ1v) is 8.33. The quantitative estimate of drug-likeness (QED) is 0.804. The van der Waals surface area contributed by atoms with E-state index in [2.05, 4.69) is 14.8 Å². The minimum Gasteiger partial charge on any atom is -0.379 e. The molecule has 0 bridgehead atoms. The third kappa shape index (κ3) is 4.55. The van der Waals surface area contributed by atoms with E-state index in [1.807, 2.05) is 6.92 Å². The summed E-state index contributed by atoms with van der Waals surface area (Å²) in [7, 11) is -3.39. The average Bonchev–Trinajstić information content (AvgIpc) is 2.82. The second-order valence-corrected chi connectivity index (χ2v) is 6.84. The highest BCUT2D eigenvalue weighted by atomic mass is 32.2. The second-order valence-electron chi connectivity index (χ2n) is 5.03. The van der Waals surface area contributed by atoms with E-state index in [9.17, 15) is 8.42 Å². The zero-order valence-corrected chi connectivity index (χ0v) is 12.6. The van der Waals surface area contributed by atoms with Crippen molar-refractivity contribution in [3.63, 3.8) is 0 Å². The standard InChI is InChI=1S/C12H21N3O4S/c1-10(15-3-5-18-6-4-15)8-13-20(16,17)9-12-7-11(2)19-14-12/h7,10,13H,3-6,8-9H2,1-2H3. The number of rotatable bonds is 6. The van der Waals surface area contributed by atoms with Gasteiger partial charge in [0, 0.05) is 31.7 Å². The highest BCUT2D eigenvalue weighted by molar-refractivity contribution is 7.88. The summed E-state index contributed by atoms with van der Waals surface area (Å²) in [6, 6.07) is 1.78. The molecule has 1 aromatic heterocycles. The first kappa shape index (κ1) is 15.4. The molecule has 20 heavy (non-hydrogen) atoms. The fourth-order valence-corrected chi connectivity index (χ4v) is 3.25. The fraction of sp³-hybridized carbons (Fsp3) is 0.750. The molecular formula is C12H21N3O4S. The van der Waals surface area contributed by atoms with Crippen molar-refractivity contribution in [1.82, 2.24) is 14.8 Å². The molecule has 0 saturated carbocycles. The number of aromatic nitrogens is 1. The molecule has 0 aliphatic carbocycles. The molecule has 1 saturated heterocycles. The Morgan fingerprint density at radius 3 is 2.75 bits per heavy atom. The zero-order chi connectivity index (χ0) is 14.6. The molecule has 1 aliphatic rings. The number of morpholine rings is 1. The highest BCUT2D eigenvalue weighted by Gasteiger charge is 2.20. The molecule has 2 rings (SSSR count). The van der Waals surface area contributed by atoms with Gasteiger partial charge >= 0.3 is 0 Å². The largest absolute Gasteiger partial charge is 0.379 e. The maximum Gasteiger partial charge on any atom is 0.217 e. The number of hydrogen-bond acceptors (Lipinski definition) is 6. The van der Waals surface area contributed by atoms with E-state index in [1.54, 1.807) is 13.0 Å². The van der Waals surface area contributed by atoms with Gasteiger partial charge in [-0.05, 0) is 13.8 Å². The summed E-state index contributed by atoms with van der Waals surface area (Å²) in [6.07, 6.45) is 0. The van der Waals surface area contributed by atoms with Crippen LogP contribution in [0.2, 0.25) is 0 Å². The normalized spacial score (nSPS) is 19.1. The number of sulfonamides is 1. The highest BCUT2D eigenvalue weighted by Crippen LogP contribution is 2.07. The Morgan fingerprint density at radius 2 is 2.15 bits per heavy atom. The molecule has 1 N–H and O–H groups in total. The van der Waals surface area contributed by atoms with Crippen molar-refractivity contribution in [2.24, 2.45) is 0 Å². The van der Waals surface area contributed by atoms with Gasteiger partial charge in [0.1, 0.15) is 17.2 Å². The van der Waals surface area contributed by atoms with Gasteiger partial charge in [0.15, 0.2) is 0 Å². The van der Waals surface area contributed by atoms with Gasteiger partial charge in [0.25, 0.3) is 0 Å². The average molecular weight is 303 g/mol. The molecule has 7 nitrogen and oxygen atoms in total. The zero-order valence-electron chi connectivity index (χ0n) is 11.8. The summed E-state index contributed by atoms with van der Waals surface area (Å²) in [4.78, 5) is 2.21. The topological polar surface area (TPSA) is 84.7 Å². The van der Waals surface area contributed by atoms with Crippen LogP contribution in [0.1, 0.15) is 18.4 Å². The molecule has 0 amide bonds. The van der Waals surface area contributed by atoms with Crippen LogP contribution in [0.4, 0.5) is 0 Å². The van der Waals surface area contributed by atoms with Crippen molar-refractivity contribution < 1.29 is 17.7 Å². The van der Waals surface area contributed by atoms with Crippen molar-refractivity contribution >= 4 is 10.0 Å². The predicted molar refractivity (Wildman–Crippen MR) is 73.7 cm³/mol. The maximum atomic E-state index is 12.0. The van der Waals surface area contributed by atoms with E-state index in [4.69, 9.17) is 9.26 Å². The summed E-state index contributed by atoms with van der Waals surface area (Å²) < 4.78 is 36.7. The Labute approximate surface area is 119 Å². The van der Waals surface area contributed by atoms with Crippen LogP contribution in [-0.4, -0.2) is 57.4 Å². The summed E-state index contributed by atoms with van der Waals surface area (Å²) >= 11 is 0. The second kappa shape index (κ2) is 6.66. The molecule has 0 spiro atoms.